The molecule has 0 aromatic rings. The Hall–Kier alpha value is 0. The largest absolute Gasteiger partial charge is 0.0591 e. The molecule has 0 aromatic heterocycles. The highest BCUT2D eigenvalue weighted by atomic mass is 14.9. The Bertz CT molecular complexity index is 307. The summed E-state index contributed by atoms with van der Waals surface area (Å²) in [5, 5.41) is 0. The molecule has 0 heteroatoms. The molecule has 17 heavy (non-hydrogen) atoms. The van der Waals surface area contributed by atoms with Crippen LogP contribution in [-0.2, 0) is 0 Å². The summed E-state index contributed by atoms with van der Waals surface area (Å²) in [5.41, 5.74) is 1.52. The van der Waals surface area contributed by atoms with E-state index in [1.54, 1.807) is 32.1 Å². The molecular weight excluding hydrogens is 204 g/mol. The molecule has 4 rings (SSSR count). The molecular formula is C17H28. The van der Waals surface area contributed by atoms with Crippen LogP contribution in [0.25, 0.3) is 0 Å². The third kappa shape index (κ3) is 1.21. The Kier molecular flexibility index (Phi) is 2.12. The maximum atomic E-state index is 2.66. The van der Waals surface area contributed by atoms with E-state index in [0.29, 0.717) is 5.41 Å². The molecule has 4 aliphatic carbocycles. The number of hydrogen-bond donors (Lipinski definition) is 0. The van der Waals surface area contributed by atoms with Gasteiger partial charge in [0.2, 0.25) is 0 Å². The maximum Gasteiger partial charge on any atom is -0.0153 e. The first-order chi connectivity index (χ1) is 8.19. The molecule has 4 aliphatic rings. The van der Waals surface area contributed by atoms with Gasteiger partial charge < -0.3 is 0 Å². The minimum absolute atomic E-state index is 0.673. The fourth-order valence-corrected chi connectivity index (χ4v) is 6.48. The van der Waals surface area contributed by atoms with Crippen LogP contribution in [0.3, 0.4) is 0 Å². The van der Waals surface area contributed by atoms with Crippen LogP contribution < -0.4 is 0 Å². The smallest absolute Gasteiger partial charge is 0.0153 e. The molecule has 0 aromatic carbocycles. The number of rotatable bonds is 3. The highest BCUT2D eigenvalue weighted by Crippen LogP contribution is 2.88. The van der Waals surface area contributed by atoms with E-state index in [1.807, 2.05) is 0 Å². The van der Waals surface area contributed by atoms with E-state index >= 15 is 0 Å². The molecule has 0 bridgehead atoms. The minimum Gasteiger partial charge on any atom is -0.0591 e. The van der Waals surface area contributed by atoms with Crippen molar-refractivity contribution in [3.05, 3.63) is 0 Å². The highest BCUT2D eigenvalue weighted by Gasteiger charge is 2.83. The van der Waals surface area contributed by atoms with E-state index in [9.17, 15) is 0 Å². The highest BCUT2D eigenvalue weighted by molar-refractivity contribution is 5.30. The monoisotopic (exact) mass is 232 g/mol. The van der Waals surface area contributed by atoms with Crippen LogP contribution in [0.15, 0.2) is 0 Å². The van der Waals surface area contributed by atoms with Gasteiger partial charge in [0, 0.05) is 0 Å². The Balaban J connectivity index is 1.62. The molecule has 4 fully saturated rings. The molecule has 0 radical (unpaired) electrons. The Morgan fingerprint density at radius 3 is 1.82 bits per heavy atom. The van der Waals surface area contributed by atoms with Crippen molar-refractivity contribution in [3.8, 4) is 0 Å². The average molecular weight is 232 g/mol. The molecule has 0 N–H and O–H groups in total. The Morgan fingerprint density at radius 2 is 1.35 bits per heavy atom. The second kappa shape index (κ2) is 3.31. The Labute approximate surface area is 107 Å². The summed E-state index contributed by atoms with van der Waals surface area (Å²) in [6, 6.07) is 0. The van der Waals surface area contributed by atoms with Crippen molar-refractivity contribution in [2.45, 2.75) is 71.6 Å². The fraction of sp³-hybridized carbons (Fsp3) is 1.00. The first kappa shape index (κ1) is 10.9. The first-order valence-corrected chi connectivity index (χ1v) is 8.19. The summed E-state index contributed by atoms with van der Waals surface area (Å²) in [6.45, 7) is 5.32. The van der Waals surface area contributed by atoms with Gasteiger partial charge in [-0.05, 0) is 66.6 Å². The third-order valence-electron chi connectivity index (χ3n) is 7.43. The van der Waals surface area contributed by atoms with Gasteiger partial charge in [0.15, 0.2) is 0 Å². The minimum atomic E-state index is 0.673. The van der Waals surface area contributed by atoms with Gasteiger partial charge in [-0.2, -0.15) is 0 Å². The zero-order valence-corrected chi connectivity index (χ0v) is 11.7. The predicted molar refractivity (Wildman–Crippen MR) is 71.7 cm³/mol. The summed E-state index contributed by atoms with van der Waals surface area (Å²) in [7, 11) is 0. The van der Waals surface area contributed by atoms with E-state index < -0.39 is 0 Å². The second-order valence-corrected chi connectivity index (χ2v) is 8.07. The van der Waals surface area contributed by atoms with E-state index in [4.69, 9.17) is 0 Å². The van der Waals surface area contributed by atoms with E-state index in [0.717, 1.165) is 17.3 Å². The van der Waals surface area contributed by atoms with Crippen LogP contribution in [0, 0.1) is 34.5 Å². The molecule has 0 amide bonds. The quantitative estimate of drug-likeness (QED) is 0.640. The van der Waals surface area contributed by atoms with Crippen LogP contribution in [0.4, 0.5) is 0 Å². The van der Waals surface area contributed by atoms with Crippen molar-refractivity contribution in [1.29, 1.82) is 0 Å². The molecule has 0 aliphatic heterocycles. The van der Waals surface area contributed by atoms with Crippen LogP contribution >= 0.6 is 0 Å². The standard InChI is InChI=1S/C17H28/c1-16(2,12-7-3-4-8-12)17(14-11-15(14)17)13-9-5-6-10-13/h12-15H,3-11H2,1-2H3. The van der Waals surface area contributed by atoms with E-state index in [1.165, 1.54) is 37.5 Å². The van der Waals surface area contributed by atoms with Gasteiger partial charge in [-0.1, -0.05) is 39.5 Å². The van der Waals surface area contributed by atoms with Gasteiger partial charge in [-0.3, -0.25) is 0 Å². The lowest BCUT2D eigenvalue weighted by Gasteiger charge is -2.48. The van der Waals surface area contributed by atoms with Crippen molar-refractivity contribution in [3.63, 3.8) is 0 Å². The van der Waals surface area contributed by atoms with Crippen molar-refractivity contribution >= 4 is 0 Å². The summed E-state index contributed by atoms with van der Waals surface area (Å²) < 4.78 is 0. The second-order valence-electron chi connectivity index (χ2n) is 8.07. The molecule has 96 valence electrons. The molecule has 4 saturated carbocycles. The Morgan fingerprint density at radius 1 is 0.824 bits per heavy atom. The fourth-order valence-electron chi connectivity index (χ4n) is 6.48. The summed E-state index contributed by atoms with van der Waals surface area (Å²) >= 11 is 0. The van der Waals surface area contributed by atoms with Crippen LogP contribution in [0.2, 0.25) is 0 Å². The molecule has 0 nitrogen and oxygen atoms in total. The summed E-state index contributed by atoms with van der Waals surface area (Å²) in [6.07, 6.45) is 13.9. The van der Waals surface area contributed by atoms with Crippen molar-refractivity contribution in [2.75, 3.05) is 0 Å². The van der Waals surface area contributed by atoms with Crippen molar-refractivity contribution in [2.24, 2.45) is 34.5 Å². The van der Waals surface area contributed by atoms with E-state index in [-0.39, 0.29) is 0 Å². The zero-order chi connectivity index (χ0) is 11.7. The molecule has 0 spiro atoms. The third-order valence-corrected chi connectivity index (χ3v) is 7.43. The van der Waals surface area contributed by atoms with Gasteiger partial charge in [0.05, 0.1) is 0 Å². The number of hydrogen-bond acceptors (Lipinski definition) is 0. The lowest BCUT2D eigenvalue weighted by Crippen LogP contribution is -2.42. The van der Waals surface area contributed by atoms with Gasteiger partial charge in [0.25, 0.3) is 0 Å². The summed E-state index contributed by atoms with van der Waals surface area (Å²) in [5.74, 6) is 4.56. The van der Waals surface area contributed by atoms with Crippen molar-refractivity contribution < 1.29 is 0 Å². The topological polar surface area (TPSA) is 0 Å². The van der Waals surface area contributed by atoms with Gasteiger partial charge >= 0.3 is 0 Å². The molecule has 2 unspecified atom stereocenters. The molecule has 2 atom stereocenters. The molecule has 0 saturated heterocycles. The van der Waals surface area contributed by atoms with Gasteiger partial charge in [-0.25, -0.2) is 0 Å². The van der Waals surface area contributed by atoms with Gasteiger partial charge in [0.1, 0.15) is 0 Å². The average Bonchev–Trinajstić information content (AvgIpc) is 3.00. The lowest BCUT2D eigenvalue weighted by atomic mass is 9.57. The lowest BCUT2D eigenvalue weighted by molar-refractivity contribution is 0.00173. The SMILES string of the molecule is CC(C)(C1CCCC1)C1(C2CCCC2)C2CC21. The molecule has 0 heterocycles. The zero-order valence-electron chi connectivity index (χ0n) is 11.7. The normalized spacial score (nSPS) is 46.2. The number of fused-ring (bicyclic) bond motifs is 1. The first-order valence-electron chi connectivity index (χ1n) is 8.19. The van der Waals surface area contributed by atoms with Crippen LogP contribution in [-0.4, -0.2) is 0 Å². The van der Waals surface area contributed by atoms with Crippen LogP contribution in [0.5, 0.6) is 0 Å². The van der Waals surface area contributed by atoms with E-state index in [2.05, 4.69) is 13.8 Å². The van der Waals surface area contributed by atoms with Crippen LogP contribution in [0.1, 0.15) is 71.6 Å². The predicted octanol–water partition coefficient (Wildman–Crippen LogP) is 5.03. The summed E-state index contributed by atoms with van der Waals surface area (Å²) in [4.78, 5) is 0. The van der Waals surface area contributed by atoms with Crippen molar-refractivity contribution in [1.82, 2.24) is 0 Å². The maximum absolute atomic E-state index is 2.66. The van der Waals surface area contributed by atoms with Gasteiger partial charge in [-0.15, -0.1) is 0 Å².